The third-order valence-corrected chi connectivity index (χ3v) is 3.43. The first-order valence-electron chi connectivity index (χ1n) is 6.93. The minimum atomic E-state index is 0.481. The molecule has 0 saturated heterocycles. The topological polar surface area (TPSA) is 75.1 Å². The molecule has 0 bridgehead atoms. The van der Waals surface area contributed by atoms with E-state index in [2.05, 4.69) is 34.2 Å². The van der Waals surface area contributed by atoms with Gasteiger partial charge in [0.05, 0.1) is 11.3 Å². The van der Waals surface area contributed by atoms with Gasteiger partial charge in [-0.25, -0.2) is 0 Å². The van der Waals surface area contributed by atoms with E-state index < -0.39 is 0 Å². The molecule has 4 heteroatoms. The Labute approximate surface area is 130 Å². The zero-order valence-corrected chi connectivity index (χ0v) is 13.0. The Morgan fingerprint density at radius 2 is 2.09 bits per heavy atom. The Morgan fingerprint density at radius 1 is 1.32 bits per heavy atom. The van der Waals surface area contributed by atoms with E-state index >= 15 is 0 Å². The van der Waals surface area contributed by atoms with Gasteiger partial charge in [-0.2, -0.15) is 5.26 Å². The molecule has 0 aliphatic rings. The van der Waals surface area contributed by atoms with Crippen LogP contribution in [0.3, 0.4) is 0 Å². The van der Waals surface area contributed by atoms with Crippen LogP contribution >= 0.6 is 0 Å². The van der Waals surface area contributed by atoms with Crippen molar-refractivity contribution in [3.8, 4) is 17.2 Å². The van der Waals surface area contributed by atoms with Gasteiger partial charge in [0.25, 0.3) is 0 Å². The fourth-order valence-corrected chi connectivity index (χ4v) is 2.30. The molecule has 110 valence electrons. The van der Waals surface area contributed by atoms with Gasteiger partial charge in [0.2, 0.25) is 0 Å². The third kappa shape index (κ3) is 3.04. The second-order valence-electron chi connectivity index (χ2n) is 5.06. The predicted molar refractivity (Wildman–Crippen MR) is 90.4 cm³/mol. The molecular formula is C18H18N4. The molecule has 2 aromatic rings. The Balaban J connectivity index is 2.60. The minimum Gasteiger partial charge on any atom is -0.404 e. The van der Waals surface area contributed by atoms with E-state index in [-0.39, 0.29) is 0 Å². The summed E-state index contributed by atoms with van der Waals surface area (Å²) in [7, 11) is 1.65. The van der Waals surface area contributed by atoms with E-state index in [1.165, 1.54) is 11.8 Å². The summed E-state index contributed by atoms with van der Waals surface area (Å²) in [5, 5.41) is 9.42. The van der Waals surface area contributed by atoms with Gasteiger partial charge in [0, 0.05) is 36.8 Å². The molecule has 0 unspecified atom stereocenters. The van der Waals surface area contributed by atoms with Gasteiger partial charge in [0.1, 0.15) is 6.07 Å². The van der Waals surface area contributed by atoms with Crippen LogP contribution in [0.4, 0.5) is 0 Å². The minimum absolute atomic E-state index is 0.481. The van der Waals surface area contributed by atoms with Gasteiger partial charge in [-0.15, -0.1) is 0 Å². The molecule has 0 aliphatic heterocycles. The normalized spacial score (nSPS) is 11.6. The van der Waals surface area contributed by atoms with Crippen molar-refractivity contribution in [1.29, 1.82) is 5.26 Å². The average molecular weight is 290 g/mol. The fraction of sp³-hybridized carbons (Fsp3) is 0.167. The van der Waals surface area contributed by atoms with Crippen LogP contribution < -0.4 is 5.73 Å². The standard InChI is InChI=1S/C18H18N4/c1-12-4-5-13(2)17(6-12)15-7-14(8-19)18(22-11-15)16(9-20)10-21-3/h4-7,9-11H,20H2,1-3H3. The van der Waals surface area contributed by atoms with E-state index in [4.69, 9.17) is 5.73 Å². The van der Waals surface area contributed by atoms with Crippen molar-refractivity contribution in [1.82, 2.24) is 4.98 Å². The van der Waals surface area contributed by atoms with Crippen LogP contribution in [0.2, 0.25) is 0 Å². The maximum atomic E-state index is 9.42. The van der Waals surface area contributed by atoms with Gasteiger partial charge >= 0.3 is 0 Å². The van der Waals surface area contributed by atoms with Crippen LogP contribution in [0.15, 0.2) is 41.7 Å². The first-order valence-corrected chi connectivity index (χ1v) is 6.93. The maximum Gasteiger partial charge on any atom is 0.101 e. The number of nitrogens with zero attached hydrogens (tertiary/aromatic N) is 3. The molecule has 0 aliphatic carbocycles. The van der Waals surface area contributed by atoms with Crippen LogP contribution in [-0.4, -0.2) is 18.2 Å². The monoisotopic (exact) mass is 290 g/mol. The molecule has 0 saturated carbocycles. The lowest BCUT2D eigenvalue weighted by molar-refractivity contribution is 1.25. The number of allylic oxidation sites excluding steroid dienone is 1. The summed E-state index contributed by atoms with van der Waals surface area (Å²) in [6.07, 6.45) is 4.78. The first kappa shape index (κ1) is 15.5. The highest BCUT2D eigenvalue weighted by atomic mass is 14.7. The summed E-state index contributed by atoms with van der Waals surface area (Å²) in [6.45, 7) is 4.09. The molecule has 1 heterocycles. The smallest absolute Gasteiger partial charge is 0.101 e. The molecule has 2 rings (SSSR count). The summed E-state index contributed by atoms with van der Waals surface area (Å²) >= 11 is 0. The number of hydrogen-bond donors (Lipinski definition) is 1. The second-order valence-corrected chi connectivity index (χ2v) is 5.06. The summed E-state index contributed by atoms with van der Waals surface area (Å²) in [5.41, 5.74) is 11.6. The van der Waals surface area contributed by atoms with Crippen molar-refractivity contribution in [2.75, 3.05) is 7.05 Å². The summed E-state index contributed by atoms with van der Waals surface area (Å²) in [6, 6.07) is 10.3. The van der Waals surface area contributed by atoms with E-state index in [0.717, 1.165) is 16.7 Å². The van der Waals surface area contributed by atoms with Gasteiger partial charge < -0.3 is 5.73 Å². The molecule has 0 atom stereocenters. The SMILES string of the molecule is CN=CC(=CN)c1ncc(-c2cc(C)ccc2C)cc1C#N. The van der Waals surface area contributed by atoms with Crippen LogP contribution in [0.1, 0.15) is 22.4 Å². The van der Waals surface area contributed by atoms with Gasteiger partial charge in [-0.05, 0) is 31.0 Å². The number of nitriles is 1. The van der Waals surface area contributed by atoms with Gasteiger partial charge in [-0.3, -0.25) is 9.98 Å². The molecule has 1 aromatic carbocycles. The molecule has 0 amide bonds. The van der Waals surface area contributed by atoms with E-state index in [0.29, 0.717) is 16.8 Å². The number of benzene rings is 1. The zero-order valence-electron chi connectivity index (χ0n) is 13.0. The first-order chi connectivity index (χ1) is 10.6. The van der Waals surface area contributed by atoms with Crippen molar-refractivity contribution in [2.24, 2.45) is 10.7 Å². The van der Waals surface area contributed by atoms with E-state index in [1.807, 2.05) is 19.9 Å². The third-order valence-electron chi connectivity index (χ3n) is 3.43. The molecule has 2 N–H and O–H groups in total. The van der Waals surface area contributed by atoms with Gasteiger partial charge in [-0.1, -0.05) is 23.8 Å². The summed E-state index contributed by atoms with van der Waals surface area (Å²) < 4.78 is 0. The number of aryl methyl sites for hydroxylation is 2. The van der Waals surface area contributed by atoms with Crippen molar-refractivity contribution >= 4 is 11.8 Å². The highest BCUT2D eigenvalue weighted by Gasteiger charge is 2.11. The Kier molecular flexibility index (Phi) is 4.70. The summed E-state index contributed by atoms with van der Waals surface area (Å²) in [5.74, 6) is 0. The van der Waals surface area contributed by atoms with Crippen LogP contribution in [0, 0.1) is 25.2 Å². The largest absolute Gasteiger partial charge is 0.404 e. The Morgan fingerprint density at radius 3 is 2.73 bits per heavy atom. The lowest BCUT2D eigenvalue weighted by Gasteiger charge is -2.10. The molecule has 0 radical (unpaired) electrons. The van der Waals surface area contributed by atoms with Crippen molar-refractivity contribution in [3.05, 3.63) is 59.0 Å². The van der Waals surface area contributed by atoms with Crippen molar-refractivity contribution in [2.45, 2.75) is 13.8 Å². The highest BCUT2D eigenvalue weighted by molar-refractivity contribution is 6.09. The predicted octanol–water partition coefficient (Wildman–Crippen LogP) is 3.24. The number of pyridine rings is 1. The van der Waals surface area contributed by atoms with Crippen LogP contribution in [0.5, 0.6) is 0 Å². The highest BCUT2D eigenvalue weighted by Crippen LogP contribution is 2.26. The Bertz CT molecular complexity index is 795. The Hall–Kier alpha value is -2.93. The lowest BCUT2D eigenvalue weighted by Crippen LogP contribution is -1.99. The molecule has 0 spiro atoms. The molecule has 4 nitrogen and oxygen atoms in total. The van der Waals surface area contributed by atoms with E-state index in [1.54, 1.807) is 19.5 Å². The molecule has 1 aromatic heterocycles. The second kappa shape index (κ2) is 6.68. The van der Waals surface area contributed by atoms with Crippen LogP contribution in [0.25, 0.3) is 16.7 Å². The molecular weight excluding hydrogens is 272 g/mol. The fourth-order valence-electron chi connectivity index (χ4n) is 2.30. The van der Waals surface area contributed by atoms with Crippen LogP contribution in [-0.2, 0) is 0 Å². The quantitative estimate of drug-likeness (QED) is 0.882. The molecule has 22 heavy (non-hydrogen) atoms. The number of nitrogens with two attached hydrogens (primary N) is 1. The summed E-state index contributed by atoms with van der Waals surface area (Å²) in [4.78, 5) is 8.37. The van der Waals surface area contributed by atoms with Crippen molar-refractivity contribution < 1.29 is 0 Å². The number of rotatable bonds is 3. The van der Waals surface area contributed by atoms with E-state index in [9.17, 15) is 5.26 Å². The van der Waals surface area contributed by atoms with Gasteiger partial charge in [0.15, 0.2) is 0 Å². The maximum absolute atomic E-state index is 9.42. The molecule has 0 fully saturated rings. The average Bonchev–Trinajstić information content (AvgIpc) is 2.54. The van der Waals surface area contributed by atoms with Crippen molar-refractivity contribution in [3.63, 3.8) is 0 Å². The number of hydrogen-bond acceptors (Lipinski definition) is 4. The zero-order chi connectivity index (χ0) is 16.1. The number of aliphatic imine (C=N–C) groups is 1. The number of aromatic nitrogens is 1. The lowest BCUT2D eigenvalue weighted by atomic mass is 9.97.